The number of nitrogens with one attached hydrogen (secondary N) is 1. The van der Waals surface area contributed by atoms with Gasteiger partial charge in [0.15, 0.2) is 0 Å². The van der Waals surface area contributed by atoms with E-state index in [1.54, 1.807) is 0 Å². The van der Waals surface area contributed by atoms with Crippen LogP contribution in [0.4, 0.5) is 0 Å². The van der Waals surface area contributed by atoms with Crippen LogP contribution in [0.3, 0.4) is 0 Å². The molecule has 1 aromatic heterocycles. The van der Waals surface area contributed by atoms with Crippen LogP contribution in [0.5, 0.6) is 0 Å². The van der Waals surface area contributed by atoms with Gasteiger partial charge in [0, 0.05) is 19.3 Å². The van der Waals surface area contributed by atoms with Crippen molar-refractivity contribution in [3.8, 4) is 0 Å². The minimum atomic E-state index is 0.915. The number of hydrogen-bond donors (Lipinski definition) is 1. The van der Waals surface area contributed by atoms with Gasteiger partial charge in [0.2, 0.25) is 0 Å². The van der Waals surface area contributed by atoms with Crippen LogP contribution >= 0.6 is 0 Å². The molecule has 0 unspecified atom stereocenters. The molecular formula is C18H35N3. The monoisotopic (exact) mass is 293 g/mol. The lowest BCUT2D eigenvalue weighted by molar-refractivity contribution is 0.522. The summed E-state index contributed by atoms with van der Waals surface area (Å²) in [6.45, 7) is 6.43. The van der Waals surface area contributed by atoms with Gasteiger partial charge in [-0.3, -0.25) is 0 Å². The van der Waals surface area contributed by atoms with Gasteiger partial charge in [-0.2, -0.15) is 0 Å². The molecule has 0 aliphatic rings. The summed E-state index contributed by atoms with van der Waals surface area (Å²) in [6, 6.07) is 0. The van der Waals surface area contributed by atoms with E-state index in [-0.39, 0.29) is 0 Å². The summed E-state index contributed by atoms with van der Waals surface area (Å²) in [5.74, 6) is 1.15. The highest BCUT2D eigenvalue weighted by Gasteiger charge is 2.04. The minimum Gasteiger partial charge on any atom is -0.331 e. The summed E-state index contributed by atoms with van der Waals surface area (Å²) >= 11 is 0. The number of nitrogens with zero attached hydrogens (tertiary/aromatic N) is 2. The number of hydrogen-bond acceptors (Lipinski definition) is 2. The molecule has 0 saturated heterocycles. The number of imidazole rings is 1. The normalized spacial score (nSPS) is 11.2. The Balaban J connectivity index is 2.03. The molecule has 0 fully saturated rings. The molecule has 0 radical (unpaired) electrons. The van der Waals surface area contributed by atoms with E-state index in [9.17, 15) is 0 Å². The van der Waals surface area contributed by atoms with Crippen LogP contribution in [0.25, 0.3) is 0 Å². The highest BCUT2D eigenvalue weighted by atomic mass is 15.1. The third kappa shape index (κ3) is 7.66. The zero-order valence-corrected chi connectivity index (χ0v) is 14.5. The van der Waals surface area contributed by atoms with E-state index in [0.717, 1.165) is 18.9 Å². The third-order valence-corrected chi connectivity index (χ3v) is 4.23. The van der Waals surface area contributed by atoms with Gasteiger partial charge in [-0.05, 0) is 20.4 Å². The zero-order chi connectivity index (χ0) is 15.3. The van der Waals surface area contributed by atoms with E-state index in [1.165, 1.54) is 69.9 Å². The molecule has 0 spiro atoms. The molecule has 122 valence electrons. The van der Waals surface area contributed by atoms with Gasteiger partial charge in [0.1, 0.15) is 5.82 Å². The molecular weight excluding hydrogens is 258 g/mol. The van der Waals surface area contributed by atoms with Crippen LogP contribution in [0.15, 0.2) is 6.20 Å². The van der Waals surface area contributed by atoms with Crippen LogP contribution in [0, 0.1) is 6.92 Å². The second-order valence-electron chi connectivity index (χ2n) is 6.16. The first kappa shape index (κ1) is 18.2. The van der Waals surface area contributed by atoms with Crippen molar-refractivity contribution < 1.29 is 0 Å². The Morgan fingerprint density at radius 2 is 1.52 bits per heavy atom. The molecule has 3 heteroatoms. The van der Waals surface area contributed by atoms with E-state index >= 15 is 0 Å². The first-order valence-electron chi connectivity index (χ1n) is 8.95. The standard InChI is InChI=1S/C18H35N3/c1-4-5-6-7-8-9-10-11-12-13-14-21-17(2)20-16-18(21)15-19-3/h16,19H,4-15H2,1-3H3. The van der Waals surface area contributed by atoms with Gasteiger partial charge in [-0.1, -0.05) is 64.7 Å². The van der Waals surface area contributed by atoms with Gasteiger partial charge in [-0.15, -0.1) is 0 Å². The molecule has 3 nitrogen and oxygen atoms in total. The molecule has 1 heterocycles. The fourth-order valence-corrected chi connectivity index (χ4v) is 2.90. The average molecular weight is 293 g/mol. The maximum Gasteiger partial charge on any atom is 0.105 e. The van der Waals surface area contributed by atoms with Crippen LogP contribution < -0.4 is 5.32 Å². The number of unbranched alkanes of at least 4 members (excludes halogenated alkanes) is 9. The van der Waals surface area contributed by atoms with E-state index in [0.29, 0.717) is 0 Å². The SMILES string of the molecule is CCCCCCCCCCCCn1c(CNC)cnc1C. The summed E-state index contributed by atoms with van der Waals surface area (Å²) in [5, 5.41) is 3.22. The van der Waals surface area contributed by atoms with Crippen molar-refractivity contribution >= 4 is 0 Å². The van der Waals surface area contributed by atoms with E-state index in [4.69, 9.17) is 0 Å². The maximum atomic E-state index is 4.42. The Labute approximate surface area is 131 Å². The molecule has 0 aliphatic carbocycles. The topological polar surface area (TPSA) is 29.9 Å². The predicted octanol–water partition coefficient (Wildman–Crippen LogP) is 4.83. The second kappa shape index (κ2) is 11.8. The molecule has 1 rings (SSSR count). The summed E-state index contributed by atoms with van der Waals surface area (Å²) < 4.78 is 2.36. The van der Waals surface area contributed by atoms with E-state index in [1.807, 2.05) is 13.2 Å². The Hall–Kier alpha value is -0.830. The van der Waals surface area contributed by atoms with Gasteiger partial charge < -0.3 is 9.88 Å². The van der Waals surface area contributed by atoms with Crippen molar-refractivity contribution in [2.24, 2.45) is 0 Å². The lowest BCUT2D eigenvalue weighted by Gasteiger charge is -2.10. The molecule has 1 N–H and O–H groups in total. The molecule has 0 bridgehead atoms. The lowest BCUT2D eigenvalue weighted by atomic mass is 10.1. The van der Waals surface area contributed by atoms with Crippen molar-refractivity contribution in [3.63, 3.8) is 0 Å². The van der Waals surface area contributed by atoms with Crippen LogP contribution in [-0.2, 0) is 13.1 Å². The number of aryl methyl sites for hydroxylation is 1. The van der Waals surface area contributed by atoms with Crippen molar-refractivity contribution in [2.75, 3.05) is 7.05 Å². The molecule has 0 aromatic carbocycles. The second-order valence-corrected chi connectivity index (χ2v) is 6.16. The highest BCUT2D eigenvalue weighted by molar-refractivity contribution is 5.04. The van der Waals surface area contributed by atoms with Crippen molar-refractivity contribution in [1.82, 2.24) is 14.9 Å². The number of rotatable bonds is 13. The van der Waals surface area contributed by atoms with E-state index in [2.05, 4.69) is 28.7 Å². The Morgan fingerprint density at radius 1 is 0.952 bits per heavy atom. The fourth-order valence-electron chi connectivity index (χ4n) is 2.90. The zero-order valence-electron chi connectivity index (χ0n) is 14.5. The van der Waals surface area contributed by atoms with Crippen molar-refractivity contribution in [3.05, 3.63) is 17.7 Å². The van der Waals surface area contributed by atoms with Gasteiger partial charge >= 0.3 is 0 Å². The Morgan fingerprint density at radius 3 is 2.10 bits per heavy atom. The summed E-state index contributed by atoms with van der Waals surface area (Å²) in [6.07, 6.45) is 16.0. The third-order valence-electron chi connectivity index (χ3n) is 4.23. The summed E-state index contributed by atoms with van der Waals surface area (Å²) in [4.78, 5) is 4.42. The molecule has 1 aromatic rings. The van der Waals surface area contributed by atoms with Crippen LogP contribution in [-0.4, -0.2) is 16.6 Å². The van der Waals surface area contributed by atoms with Crippen LogP contribution in [0.1, 0.15) is 82.7 Å². The minimum absolute atomic E-state index is 0.915. The first-order chi connectivity index (χ1) is 10.3. The quantitative estimate of drug-likeness (QED) is 0.528. The highest BCUT2D eigenvalue weighted by Crippen LogP contribution is 2.12. The van der Waals surface area contributed by atoms with Gasteiger partial charge in [-0.25, -0.2) is 4.98 Å². The van der Waals surface area contributed by atoms with Crippen molar-refractivity contribution in [2.45, 2.75) is 91.1 Å². The smallest absolute Gasteiger partial charge is 0.105 e. The van der Waals surface area contributed by atoms with E-state index < -0.39 is 0 Å². The first-order valence-corrected chi connectivity index (χ1v) is 8.95. The molecule has 0 aliphatic heterocycles. The van der Waals surface area contributed by atoms with Crippen molar-refractivity contribution in [1.29, 1.82) is 0 Å². The molecule has 0 atom stereocenters. The molecule has 0 saturated carbocycles. The molecule has 21 heavy (non-hydrogen) atoms. The van der Waals surface area contributed by atoms with Gasteiger partial charge in [0.25, 0.3) is 0 Å². The Bertz CT molecular complexity index is 357. The summed E-state index contributed by atoms with van der Waals surface area (Å²) in [7, 11) is 1.99. The van der Waals surface area contributed by atoms with Gasteiger partial charge in [0.05, 0.1) is 5.69 Å². The lowest BCUT2D eigenvalue weighted by Crippen LogP contribution is -2.12. The maximum absolute atomic E-state index is 4.42. The predicted molar refractivity (Wildman–Crippen MR) is 91.6 cm³/mol. The largest absolute Gasteiger partial charge is 0.331 e. The van der Waals surface area contributed by atoms with Crippen LogP contribution in [0.2, 0.25) is 0 Å². The molecule has 0 amide bonds. The Kier molecular flexibility index (Phi) is 10.2. The average Bonchev–Trinajstić information content (AvgIpc) is 2.82. The number of aromatic nitrogens is 2. The fraction of sp³-hybridized carbons (Fsp3) is 0.833. The summed E-state index contributed by atoms with van der Waals surface area (Å²) in [5.41, 5.74) is 1.31.